The van der Waals surface area contributed by atoms with E-state index < -0.39 is 0 Å². The number of para-hydroxylation sites is 1. The lowest BCUT2D eigenvalue weighted by Crippen LogP contribution is -2.40. The lowest BCUT2D eigenvalue weighted by molar-refractivity contribution is -0.116. The molecule has 2 amide bonds. The number of carbonyl (C=O) groups is 2. The van der Waals surface area contributed by atoms with Gasteiger partial charge < -0.3 is 15.6 Å². The molecule has 3 N–H and O–H groups in total. The van der Waals surface area contributed by atoms with Gasteiger partial charge in [-0.15, -0.1) is 0 Å². The predicted octanol–water partition coefficient (Wildman–Crippen LogP) is 3.41. The minimum absolute atomic E-state index is 0.134. The summed E-state index contributed by atoms with van der Waals surface area (Å²) in [5, 5.41) is 6.27. The number of fused-ring (bicyclic) bond motifs is 1. The fourth-order valence-electron chi connectivity index (χ4n) is 3.01. The summed E-state index contributed by atoms with van der Waals surface area (Å²) < 4.78 is 0. The fourth-order valence-corrected chi connectivity index (χ4v) is 3.01. The van der Waals surface area contributed by atoms with E-state index in [-0.39, 0.29) is 22.9 Å². The highest BCUT2D eigenvalue weighted by molar-refractivity contribution is 5.96. The van der Waals surface area contributed by atoms with Crippen molar-refractivity contribution >= 4 is 28.4 Å². The Morgan fingerprint density at radius 1 is 1.03 bits per heavy atom. The van der Waals surface area contributed by atoms with Crippen LogP contribution in [0.5, 0.6) is 0 Å². The first kappa shape index (κ1) is 21.2. The van der Waals surface area contributed by atoms with E-state index in [4.69, 9.17) is 0 Å². The zero-order valence-corrected chi connectivity index (χ0v) is 17.4. The Morgan fingerprint density at radius 2 is 1.73 bits per heavy atom. The zero-order valence-electron chi connectivity index (χ0n) is 17.4. The molecule has 0 saturated carbocycles. The van der Waals surface area contributed by atoms with Gasteiger partial charge in [0.15, 0.2) is 0 Å². The summed E-state index contributed by atoms with van der Waals surface area (Å²) in [4.78, 5) is 43.7. The van der Waals surface area contributed by atoms with E-state index in [0.29, 0.717) is 47.2 Å². The summed E-state index contributed by atoms with van der Waals surface area (Å²) in [6.45, 7) is 5.76. The van der Waals surface area contributed by atoms with Crippen LogP contribution in [0.1, 0.15) is 49.8 Å². The van der Waals surface area contributed by atoms with Gasteiger partial charge in [-0.3, -0.25) is 14.4 Å². The minimum Gasteiger partial charge on any atom is -0.347 e. The standard InChI is InChI=1S/C23H26N4O3/c1-23(2,3)27-21(29)15-11-13-16(14-12-15)24-20(28)10-6-9-19-25-18-8-5-4-7-17(18)22(30)26-19/h4-5,7-8,11-14H,6,9-10H2,1-3H3,(H,24,28)(H,27,29)(H,25,26,30). The number of carbonyl (C=O) groups excluding carboxylic acids is 2. The van der Waals surface area contributed by atoms with Gasteiger partial charge in [0.1, 0.15) is 5.82 Å². The Balaban J connectivity index is 1.51. The molecule has 0 aliphatic carbocycles. The summed E-state index contributed by atoms with van der Waals surface area (Å²) >= 11 is 0. The number of amides is 2. The topological polar surface area (TPSA) is 104 Å². The van der Waals surface area contributed by atoms with E-state index in [1.807, 2.05) is 26.8 Å². The van der Waals surface area contributed by atoms with E-state index in [1.54, 1.807) is 42.5 Å². The minimum atomic E-state index is -0.311. The van der Waals surface area contributed by atoms with Gasteiger partial charge in [0.05, 0.1) is 10.9 Å². The number of hydrogen-bond acceptors (Lipinski definition) is 4. The van der Waals surface area contributed by atoms with Crippen molar-refractivity contribution in [2.24, 2.45) is 0 Å². The highest BCUT2D eigenvalue weighted by Crippen LogP contribution is 2.12. The van der Waals surface area contributed by atoms with Crippen LogP contribution in [-0.4, -0.2) is 27.3 Å². The maximum Gasteiger partial charge on any atom is 0.258 e. The summed E-state index contributed by atoms with van der Waals surface area (Å²) in [6, 6.07) is 13.9. The lowest BCUT2D eigenvalue weighted by atomic mass is 10.1. The molecule has 0 aliphatic rings. The van der Waals surface area contributed by atoms with Gasteiger partial charge in [-0.1, -0.05) is 12.1 Å². The van der Waals surface area contributed by atoms with Gasteiger partial charge in [-0.2, -0.15) is 0 Å². The van der Waals surface area contributed by atoms with E-state index in [1.165, 1.54) is 0 Å². The fraction of sp³-hybridized carbons (Fsp3) is 0.304. The third-order valence-corrected chi connectivity index (χ3v) is 4.40. The van der Waals surface area contributed by atoms with Crippen molar-refractivity contribution in [1.29, 1.82) is 0 Å². The molecule has 0 radical (unpaired) electrons. The number of aromatic nitrogens is 2. The number of H-pyrrole nitrogens is 1. The first-order valence-corrected chi connectivity index (χ1v) is 9.92. The molecule has 0 spiro atoms. The summed E-state index contributed by atoms with van der Waals surface area (Å²) in [6.07, 6.45) is 1.35. The first-order chi connectivity index (χ1) is 14.2. The molecule has 7 nitrogen and oxygen atoms in total. The van der Waals surface area contributed by atoms with Crippen molar-refractivity contribution < 1.29 is 9.59 Å². The molecule has 7 heteroatoms. The van der Waals surface area contributed by atoms with Crippen molar-refractivity contribution in [3.8, 4) is 0 Å². The van der Waals surface area contributed by atoms with E-state index >= 15 is 0 Å². The SMILES string of the molecule is CC(C)(C)NC(=O)c1ccc(NC(=O)CCCc2nc3ccccc3c(=O)[nH]2)cc1. The Kier molecular flexibility index (Phi) is 6.30. The van der Waals surface area contributed by atoms with E-state index in [0.717, 1.165) is 0 Å². The van der Waals surface area contributed by atoms with Crippen LogP contribution in [0, 0.1) is 0 Å². The Morgan fingerprint density at radius 3 is 2.43 bits per heavy atom. The Labute approximate surface area is 174 Å². The number of nitrogens with zero attached hydrogens (tertiary/aromatic N) is 1. The van der Waals surface area contributed by atoms with Crippen LogP contribution in [0.2, 0.25) is 0 Å². The highest BCUT2D eigenvalue weighted by Gasteiger charge is 2.15. The van der Waals surface area contributed by atoms with Gasteiger partial charge >= 0.3 is 0 Å². The Bertz CT molecular complexity index is 1110. The van der Waals surface area contributed by atoms with Crippen molar-refractivity contribution in [3.05, 3.63) is 70.3 Å². The third kappa shape index (κ3) is 5.76. The first-order valence-electron chi connectivity index (χ1n) is 9.92. The molecule has 0 atom stereocenters. The second-order valence-electron chi connectivity index (χ2n) is 8.21. The zero-order chi connectivity index (χ0) is 21.7. The van der Waals surface area contributed by atoms with Gasteiger partial charge in [0.2, 0.25) is 5.91 Å². The number of hydrogen-bond donors (Lipinski definition) is 3. The van der Waals surface area contributed by atoms with Crippen molar-refractivity contribution in [2.75, 3.05) is 5.32 Å². The van der Waals surface area contributed by atoms with Crippen LogP contribution in [0.15, 0.2) is 53.3 Å². The molecule has 0 unspecified atom stereocenters. The maximum atomic E-state index is 12.2. The number of anilines is 1. The molecule has 30 heavy (non-hydrogen) atoms. The molecular formula is C23H26N4O3. The van der Waals surface area contributed by atoms with Gasteiger partial charge in [0, 0.05) is 29.6 Å². The van der Waals surface area contributed by atoms with Gasteiger partial charge in [-0.05, 0) is 63.6 Å². The number of aryl methyl sites for hydroxylation is 1. The third-order valence-electron chi connectivity index (χ3n) is 4.40. The monoisotopic (exact) mass is 406 g/mol. The highest BCUT2D eigenvalue weighted by atomic mass is 16.2. The molecule has 0 fully saturated rings. The lowest BCUT2D eigenvalue weighted by Gasteiger charge is -2.20. The van der Waals surface area contributed by atoms with Gasteiger partial charge in [-0.25, -0.2) is 4.98 Å². The van der Waals surface area contributed by atoms with Crippen LogP contribution in [0.3, 0.4) is 0 Å². The average molecular weight is 406 g/mol. The molecule has 0 saturated heterocycles. The second kappa shape index (κ2) is 8.90. The number of aromatic amines is 1. The number of rotatable bonds is 6. The molecule has 1 aromatic heterocycles. The van der Waals surface area contributed by atoms with Crippen LogP contribution in [0.4, 0.5) is 5.69 Å². The molecule has 156 valence electrons. The predicted molar refractivity (Wildman–Crippen MR) is 118 cm³/mol. The molecule has 1 heterocycles. The van der Waals surface area contributed by atoms with Crippen LogP contribution < -0.4 is 16.2 Å². The van der Waals surface area contributed by atoms with Crippen molar-refractivity contribution in [2.45, 2.75) is 45.6 Å². The van der Waals surface area contributed by atoms with Crippen LogP contribution in [-0.2, 0) is 11.2 Å². The maximum absolute atomic E-state index is 12.2. The molecular weight excluding hydrogens is 380 g/mol. The smallest absolute Gasteiger partial charge is 0.258 e. The van der Waals surface area contributed by atoms with Crippen LogP contribution in [0.25, 0.3) is 10.9 Å². The normalized spacial score (nSPS) is 11.3. The largest absolute Gasteiger partial charge is 0.347 e. The second-order valence-corrected chi connectivity index (χ2v) is 8.21. The average Bonchev–Trinajstić information content (AvgIpc) is 2.67. The quantitative estimate of drug-likeness (QED) is 0.583. The number of benzene rings is 2. The van der Waals surface area contributed by atoms with E-state index in [2.05, 4.69) is 20.6 Å². The summed E-state index contributed by atoms with van der Waals surface area (Å²) in [5.74, 6) is 0.281. The molecule has 0 bridgehead atoms. The van der Waals surface area contributed by atoms with Crippen LogP contribution >= 0.6 is 0 Å². The molecule has 3 aromatic rings. The number of nitrogens with one attached hydrogen (secondary N) is 3. The molecule has 0 aliphatic heterocycles. The molecule has 2 aromatic carbocycles. The van der Waals surface area contributed by atoms with Gasteiger partial charge in [0.25, 0.3) is 11.5 Å². The van der Waals surface area contributed by atoms with E-state index in [9.17, 15) is 14.4 Å². The summed E-state index contributed by atoms with van der Waals surface area (Å²) in [7, 11) is 0. The molecule has 3 rings (SSSR count). The van der Waals surface area contributed by atoms with Crippen molar-refractivity contribution in [1.82, 2.24) is 15.3 Å². The van der Waals surface area contributed by atoms with Crippen molar-refractivity contribution in [3.63, 3.8) is 0 Å². The summed E-state index contributed by atoms with van der Waals surface area (Å²) in [5.41, 5.74) is 1.33. The Hall–Kier alpha value is -3.48.